The van der Waals surface area contributed by atoms with Crippen molar-refractivity contribution in [1.82, 2.24) is 79.1 Å². The molecular weight excluding hydrogens is 1600 g/mol. The number of ether oxygens (including phenoxy) is 3. The van der Waals surface area contributed by atoms with Gasteiger partial charge in [-0.1, -0.05) is 126 Å². The Balaban J connectivity index is 0.000000154. The molecule has 0 bridgehead atoms. The molecule has 10 aromatic carbocycles. The van der Waals surface area contributed by atoms with E-state index in [0.29, 0.717) is 90.8 Å². The number of nitriles is 10. The van der Waals surface area contributed by atoms with Gasteiger partial charge < -0.3 is 24.4 Å². The quantitative estimate of drug-likeness (QED) is 0.0486. The summed E-state index contributed by atoms with van der Waals surface area (Å²) in [6.45, 7) is 0.334. The van der Waals surface area contributed by atoms with Crippen LogP contribution in [-0.4, -0.2) is 128 Å². The molecule has 0 aliphatic carbocycles. The number of hydrogen-bond acceptors (Lipinski definition) is 27. The predicted octanol–water partition coefficient (Wildman–Crippen LogP) is 12.7. The molecule has 5 heterocycles. The second kappa shape index (κ2) is 43.7. The Kier molecular flexibility index (Phi) is 30.6. The van der Waals surface area contributed by atoms with Crippen LogP contribution in [0.5, 0.6) is 0 Å². The number of amides is 1. The summed E-state index contributed by atoms with van der Waals surface area (Å²) in [7, 11) is 7.74. The van der Waals surface area contributed by atoms with E-state index in [9.17, 15) is 4.79 Å². The molecule has 0 radical (unpaired) electrons. The maximum Gasteiger partial charge on any atom is 0.409 e. The molecular formula is C94H70N28O5. The highest BCUT2D eigenvalue weighted by molar-refractivity contribution is 5.74. The topological polar surface area (TPSA) is 482 Å². The van der Waals surface area contributed by atoms with Gasteiger partial charge in [-0.25, -0.2) is 53.1 Å². The summed E-state index contributed by atoms with van der Waals surface area (Å²) in [6.07, 6.45) is 13.0. The summed E-state index contributed by atoms with van der Waals surface area (Å²) >= 11 is 0. The van der Waals surface area contributed by atoms with Crippen molar-refractivity contribution in [1.29, 1.82) is 52.6 Å². The highest BCUT2D eigenvalue weighted by atomic mass is 16.6. The Morgan fingerprint density at radius 3 is 0.898 bits per heavy atom. The number of hydrogen-bond donors (Lipinski definition) is 1. The molecule has 33 nitrogen and oxygen atoms in total. The van der Waals surface area contributed by atoms with Gasteiger partial charge in [0.15, 0.2) is 17.5 Å². The summed E-state index contributed by atoms with van der Waals surface area (Å²) in [5.41, 5.74) is 11.5. The number of nitrogens with one attached hydrogen (secondary N) is 1. The van der Waals surface area contributed by atoms with Crippen molar-refractivity contribution in [3.63, 3.8) is 0 Å². The minimum absolute atomic E-state index is 0.210. The normalized spacial score (nSPS) is 10.6. The van der Waals surface area contributed by atoms with E-state index >= 15 is 0 Å². The van der Waals surface area contributed by atoms with Gasteiger partial charge in [0.25, 0.3) is 5.72 Å². The molecule has 0 saturated carbocycles. The van der Waals surface area contributed by atoms with Gasteiger partial charge in [-0.15, -0.1) is 10.2 Å². The van der Waals surface area contributed by atoms with Gasteiger partial charge in [0, 0.05) is 50.6 Å². The first kappa shape index (κ1) is 88.9. The van der Waals surface area contributed by atoms with Gasteiger partial charge in [0.1, 0.15) is 82.3 Å². The molecule has 0 fully saturated rings. The number of benzene rings is 10. The van der Waals surface area contributed by atoms with E-state index in [4.69, 9.17) is 66.8 Å². The van der Waals surface area contributed by atoms with Crippen LogP contribution in [0.15, 0.2) is 297 Å². The van der Waals surface area contributed by atoms with Crippen molar-refractivity contribution >= 4 is 18.5 Å². The Labute approximate surface area is 728 Å². The monoisotopic (exact) mass is 1670 g/mol. The molecule has 0 aliphatic rings. The third-order valence-corrected chi connectivity index (χ3v) is 19.2. The van der Waals surface area contributed by atoms with E-state index in [1.54, 1.807) is 217 Å². The lowest BCUT2D eigenvalue weighted by Crippen LogP contribution is -2.43. The summed E-state index contributed by atoms with van der Waals surface area (Å²) in [4.78, 5) is 41.5. The van der Waals surface area contributed by atoms with Gasteiger partial charge in [-0.3, -0.25) is 4.99 Å². The van der Waals surface area contributed by atoms with Crippen LogP contribution in [0.3, 0.4) is 0 Å². The lowest BCUT2D eigenvalue weighted by atomic mass is 9.92. The molecule has 15 aromatic rings. The van der Waals surface area contributed by atoms with Crippen LogP contribution >= 0.6 is 0 Å². The van der Waals surface area contributed by atoms with E-state index in [0.717, 1.165) is 44.5 Å². The first-order valence-corrected chi connectivity index (χ1v) is 38.0. The molecule has 0 atom stereocenters. The van der Waals surface area contributed by atoms with Crippen LogP contribution in [-0.2, 0) is 37.1 Å². The Morgan fingerprint density at radius 2 is 0.646 bits per heavy atom. The summed E-state index contributed by atoms with van der Waals surface area (Å²) < 4.78 is 25.0. The molecule has 616 valence electrons. The van der Waals surface area contributed by atoms with Gasteiger partial charge in [-0.05, 0) is 155 Å². The fourth-order valence-corrected chi connectivity index (χ4v) is 13.1. The van der Waals surface area contributed by atoms with E-state index in [-0.39, 0.29) is 18.1 Å². The third-order valence-electron chi connectivity index (χ3n) is 19.2. The highest BCUT2D eigenvalue weighted by Gasteiger charge is 2.42. The number of rotatable bonds is 22. The van der Waals surface area contributed by atoms with Crippen molar-refractivity contribution in [2.24, 2.45) is 10.1 Å². The maximum absolute atomic E-state index is 12.2. The Hall–Kier alpha value is -18.9. The number of nitrogens with zero attached hydrogens (tertiary/aromatic N) is 27. The lowest BCUT2D eigenvalue weighted by molar-refractivity contribution is -0.0148. The van der Waals surface area contributed by atoms with Crippen molar-refractivity contribution in [3.8, 4) is 60.7 Å². The average Bonchev–Trinajstić information content (AvgIpc) is 1.69. The van der Waals surface area contributed by atoms with Crippen LogP contribution in [0, 0.1) is 113 Å². The average molecular weight is 1670 g/mol. The summed E-state index contributed by atoms with van der Waals surface area (Å²) in [5, 5.41) is 118. The van der Waals surface area contributed by atoms with Crippen molar-refractivity contribution in [2.45, 2.75) is 36.2 Å². The smallest absolute Gasteiger partial charge is 0.409 e. The van der Waals surface area contributed by atoms with Crippen LogP contribution in [0.4, 0.5) is 4.79 Å². The fourth-order valence-electron chi connectivity index (χ4n) is 13.1. The Morgan fingerprint density at radius 1 is 0.378 bits per heavy atom. The van der Waals surface area contributed by atoms with E-state index in [2.05, 4.69) is 131 Å². The highest BCUT2D eigenvalue weighted by Crippen LogP contribution is 2.38. The number of carbonyl (C=O) groups excluding carboxylic acids is 1. The van der Waals surface area contributed by atoms with Crippen LogP contribution < -0.4 is 5.32 Å². The molecule has 0 aliphatic heterocycles. The molecule has 1 N–H and O–H groups in total. The van der Waals surface area contributed by atoms with Crippen molar-refractivity contribution in [3.05, 3.63) is 416 Å². The molecule has 0 unspecified atom stereocenters. The van der Waals surface area contributed by atoms with Crippen LogP contribution in [0.25, 0.3) is 0 Å². The number of alkyl carbamates (subject to hydrolysis) is 1. The van der Waals surface area contributed by atoms with Gasteiger partial charge >= 0.3 is 6.09 Å². The van der Waals surface area contributed by atoms with Gasteiger partial charge in [0.05, 0.1) is 123 Å². The van der Waals surface area contributed by atoms with E-state index < -0.39 is 17.5 Å². The molecule has 33 heteroatoms. The molecule has 1 amide bonds. The first-order valence-electron chi connectivity index (χ1n) is 38.0. The summed E-state index contributed by atoms with van der Waals surface area (Å²) in [6, 6.07) is 91.7. The van der Waals surface area contributed by atoms with Gasteiger partial charge in [0.2, 0.25) is 5.72 Å². The number of carbonyl (C=O) groups is 1. The minimum atomic E-state index is -1.47. The SMILES string of the molecule is CN=Cc1ncn(C(c2ccc(C#N)cc2)c2ccc(C#N)cc2)n1.CNC(=O)OC(c1ccc(C#N)cc1)(c1ccc(C#N)cc1)n1cncn1.CO/N=C/c1ncn(C(c2ccc(C#N)cc2)c2ccc(C#N)cc2)n1.COC(c1ccc(C#N)cc1)(c1ccc(C#N)cc1)n1cncn1.COCc1ncn(C(c2ccc(C#N)cc2)c2ccc(C#N)cc2)n1. The zero-order valence-corrected chi connectivity index (χ0v) is 68.3. The van der Waals surface area contributed by atoms with Crippen LogP contribution in [0.2, 0.25) is 0 Å². The second-order valence-electron chi connectivity index (χ2n) is 26.7. The fraction of sp³-hybridized carbons (Fsp3) is 0.117. The first-order chi connectivity index (χ1) is 62.1. The zero-order valence-electron chi connectivity index (χ0n) is 68.3. The van der Waals surface area contributed by atoms with Crippen molar-refractivity contribution < 1.29 is 23.8 Å². The number of methoxy groups -OCH3 is 2. The zero-order chi connectivity index (χ0) is 89.9. The van der Waals surface area contributed by atoms with E-state index in [1.807, 2.05) is 97.1 Å². The molecule has 15 rings (SSSR count). The number of aromatic nitrogens is 15. The number of oxime groups is 1. The van der Waals surface area contributed by atoms with Gasteiger partial charge in [-0.2, -0.15) is 67.9 Å². The molecule has 0 saturated heterocycles. The summed E-state index contributed by atoms with van der Waals surface area (Å²) in [5.74, 6) is 1.53. The minimum Gasteiger partial charge on any atom is -0.412 e. The second-order valence-corrected chi connectivity index (χ2v) is 26.7. The van der Waals surface area contributed by atoms with E-state index in [1.165, 1.54) is 44.0 Å². The lowest BCUT2D eigenvalue weighted by Gasteiger charge is -2.34. The molecule has 5 aromatic heterocycles. The third kappa shape index (κ3) is 21.6. The van der Waals surface area contributed by atoms with Crippen molar-refractivity contribution in [2.75, 3.05) is 35.4 Å². The molecule has 0 spiro atoms. The molecule has 127 heavy (non-hydrogen) atoms. The maximum atomic E-state index is 12.2. The largest absolute Gasteiger partial charge is 0.412 e. The Bertz CT molecular complexity index is 6420. The van der Waals surface area contributed by atoms with Crippen LogP contribution in [0.1, 0.15) is 147 Å². The predicted molar refractivity (Wildman–Crippen MR) is 457 cm³/mol. The number of aliphatic imine (C=N–C) groups is 1. The standard InChI is InChI=1S/C19H14N6O2.C19H14N6O.C19H14N6.C19H15N5O.C18H13N5O/c1-22-18(26)27-19(25-13-23-12-24-25,16-6-2-14(10-20)3-7-16)17-8-4-15(11-21)5-9-17;1-26-23-12-18-22-13-25(24-18)19(16-6-2-14(10-20)3-7-16)17-8-4-15(11-21)5-9-17;1-22-12-18-23-13-25(24-18)19(16-6-2-14(10-20)3-7-16)17-8-4-15(11-21)5-9-17;1-25-12-18-22-13-24(23-18)19(16-6-2-14(10-20)3-7-16)17-8-4-15(11-21)5-9-17;1-24-18(23-13-21-12-22-23,16-6-2-14(10-19)3-7-16)17-8-4-15(11-20)5-9-17/h2-9,12-13H,1H3,(H,22,26);2-9,12-13,19H,1H3;2-9,12-13,19H,1H3;2-9,13,19H,12H2,1H3;2-9,12-13H,1H3/b;23-12+;;;.